The smallest absolute Gasteiger partial charge is 0.433 e. The first-order chi connectivity index (χ1) is 16.2. The third kappa shape index (κ3) is 4.39. The molecule has 0 aliphatic carbocycles. The number of hydrogen-bond donors (Lipinski definition) is 0. The van der Waals surface area contributed by atoms with Gasteiger partial charge in [-0.1, -0.05) is 30.3 Å². The quantitative estimate of drug-likeness (QED) is 0.409. The summed E-state index contributed by atoms with van der Waals surface area (Å²) in [5.74, 6) is 0.262. The Bertz CT molecular complexity index is 1340. The lowest BCUT2D eigenvalue weighted by atomic mass is 10.1. The summed E-state index contributed by atoms with van der Waals surface area (Å²) in [7, 11) is 4.46. The number of alkyl halides is 3. The summed E-state index contributed by atoms with van der Waals surface area (Å²) in [5, 5.41) is 3.83. The van der Waals surface area contributed by atoms with E-state index in [4.69, 9.17) is 9.47 Å². The molecule has 10 heteroatoms. The number of ether oxygens (including phenoxy) is 2. The molecule has 0 fully saturated rings. The number of aromatic nitrogens is 3. The third-order valence-electron chi connectivity index (χ3n) is 5.28. The average molecular weight is 470 g/mol. The molecule has 176 valence electrons. The fourth-order valence-corrected chi connectivity index (χ4v) is 3.59. The number of carbonyl (C=O) groups excluding carboxylic acids is 1. The molecule has 7 nitrogen and oxygen atoms in total. The Morgan fingerprint density at radius 3 is 2.38 bits per heavy atom. The fraction of sp³-hybridized carbons (Fsp3) is 0.208. The van der Waals surface area contributed by atoms with E-state index in [0.29, 0.717) is 21.6 Å². The summed E-state index contributed by atoms with van der Waals surface area (Å²) < 4.78 is 52.8. The maximum Gasteiger partial charge on any atom is 0.433 e. The number of benzene rings is 2. The summed E-state index contributed by atoms with van der Waals surface area (Å²) in [5.41, 5.74) is -0.0171. The number of fused-ring (bicyclic) bond motifs is 1. The van der Waals surface area contributed by atoms with Crippen molar-refractivity contribution < 1.29 is 27.4 Å². The number of nitrogens with zero attached hydrogens (tertiary/aromatic N) is 4. The molecule has 1 amide bonds. The third-order valence-corrected chi connectivity index (χ3v) is 5.28. The van der Waals surface area contributed by atoms with Crippen molar-refractivity contribution in [2.75, 3.05) is 21.3 Å². The molecule has 0 radical (unpaired) electrons. The van der Waals surface area contributed by atoms with Gasteiger partial charge in [-0.3, -0.25) is 4.79 Å². The highest BCUT2D eigenvalue weighted by Crippen LogP contribution is 2.36. The van der Waals surface area contributed by atoms with Gasteiger partial charge in [-0.25, -0.2) is 9.50 Å². The number of rotatable bonds is 6. The Balaban J connectivity index is 1.82. The van der Waals surface area contributed by atoms with Gasteiger partial charge in [0.1, 0.15) is 5.56 Å². The van der Waals surface area contributed by atoms with Gasteiger partial charge in [0.25, 0.3) is 5.91 Å². The van der Waals surface area contributed by atoms with Crippen molar-refractivity contribution in [3.63, 3.8) is 0 Å². The maximum absolute atomic E-state index is 13.9. The summed E-state index contributed by atoms with van der Waals surface area (Å²) >= 11 is 0. The topological polar surface area (TPSA) is 69.0 Å². The number of halogens is 3. The standard InChI is InChI=1S/C24H21F3N4O3/c1-30(14-15-7-5-4-6-8-15)23(32)17-13-28-31-21(24(25,26)27)12-18(29-22(17)31)16-9-10-19(33-2)20(11-16)34-3/h4-13H,14H2,1-3H3. The number of hydrogen-bond acceptors (Lipinski definition) is 5. The lowest BCUT2D eigenvalue weighted by Gasteiger charge is -2.17. The van der Waals surface area contributed by atoms with Crippen LogP contribution in [0.1, 0.15) is 21.6 Å². The molecule has 0 spiro atoms. The van der Waals surface area contributed by atoms with Crippen LogP contribution in [0.2, 0.25) is 0 Å². The van der Waals surface area contributed by atoms with Crippen LogP contribution in [0.4, 0.5) is 13.2 Å². The Hall–Kier alpha value is -4.08. The fourth-order valence-electron chi connectivity index (χ4n) is 3.59. The highest BCUT2D eigenvalue weighted by Gasteiger charge is 2.36. The van der Waals surface area contributed by atoms with Crippen molar-refractivity contribution >= 4 is 11.6 Å². The molecule has 2 aromatic heterocycles. The summed E-state index contributed by atoms with van der Waals surface area (Å²) in [4.78, 5) is 18.9. The minimum Gasteiger partial charge on any atom is -0.493 e. The number of amides is 1. The van der Waals surface area contributed by atoms with E-state index in [1.54, 1.807) is 19.2 Å². The normalized spacial score (nSPS) is 11.5. The van der Waals surface area contributed by atoms with Gasteiger partial charge in [-0.2, -0.15) is 18.3 Å². The van der Waals surface area contributed by atoms with Gasteiger partial charge in [-0.05, 0) is 29.8 Å². The molecule has 2 aromatic carbocycles. The number of carbonyl (C=O) groups is 1. The zero-order chi connectivity index (χ0) is 24.5. The summed E-state index contributed by atoms with van der Waals surface area (Å²) in [6.07, 6.45) is -3.62. The van der Waals surface area contributed by atoms with Gasteiger partial charge in [-0.15, -0.1) is 0 Å². The van der Waals surface area contributed by atoms with Gasteiger partial charge in [0.15, 0.2) is 22.8 Å². The SMILES string of the molecule is COc1ccc(-c2cc(C(F)(F)F)n3ncc(C(=O)N(C)Cc4ccccc4)c3n2)cc1OC. The van der Waals surface area contributed by atoms with Crippen molar-refractivity contribution in [2.45, 2.75) is 12.7 Å². The van der Waals surface area contributed by atoms with E-state index in [9.17, 15) is 18.0 Å². The van der Waals surface area contributed by atoms with Crippen molar-refractivity contribution in [1.29, 1.82) is 0 Å². The van der Waals surface area contributed by atoms with Crippen molar-refractivity contribution in [3.8, 4) is 22.8 Å². The molecule has 0 bridgehead atoms. The van der Waals surface area contributed by atoms with Gasteiger partial charge >= 0.3 is 6.18 Å². The first kappa shape index (κ1) is 23.1. The first-order valence-corrected chi connectivity index (χ1v) is 10.2. The van der Waals surface area contributed by atoms with Crippen molar-refractivity contribution in [1.82, 2.24) is 19.5 Å². The zero-order valence-electron chi connectivity index (χ0n) is 18.6. The second-order valence-corrected chi connectivity index (χ2v) is 7.53. The molecular weight excluding hydrogens is 449 g/mol. The predicted molar refractivity (Wildman–Crippen MR) is 119 cm³/mol. The first-order valence-electron chi connectivity index (χ1n) is 10.2. The van der Waals surface area contributed by atoms with Crippen molar-refractivity contribution in [2.24, 2.45) is 0 Å². The molecule has 0 saturated heterocycles. The molecule has 0 N–H and O–H groups in total. The van der Waals surface area contributed by atoms with E-state index in [2.05, 4.69) is 10.1 Å². The average Bonchev–Trinajstić information content (AvgIpc) is 3.26. The van der Waals surface area contributed by atoms with Crippen LogP contribution in [0.15, 0.2) is 60.8 Å². The zero-order valence-corrected chi connectivity index (χ0v) is 18.6. The van der Waals surface area contributed by atoms with Crippen LogP contribution in [0.3, 0.4) is 0 Å². The van der Waals surface area contributed by atoms with Crippen molar-refractivity contribution in [3.05, 3.63) is 77.6 Å². The second-order valence-electron chi connectivity index (χ2n) is 7.53. The van der Waals surface area contributed by atoms with E-state index in [-0.39, 0.29) is 23.4 Å². The summed E-state index contributed by atoms with van der Waals surface area (Å²) in [6.45, 7) is 0.276. The Morgan fingerprint density at radius 2 is 1.74 bits per heavy atom. The van der Waals surface area contributed by atoms with E-state index in [1.807, 2.05) is 30.3 Å². The highest BCUT2D eigenvalue weighted by molar-refractivity contribution is 5.99. The lowest BCUT2D eigenvalue weighted by Crippen LogP contribution is -2.26. The van der Waals surface area contributed by atoms with E-state index < -0.39 is 17.8 Å². The predicted octanol–water partition coefficient (Wildman–Crippen LogP) is 4.70. The van der Waals surface area contributed by atoms with Crippen LogP contribution in [-0.4, -0.2) is 46.7 Å². The monoisotopic (exact) mass is 470 g/mol. The van der Waals surface area contributed by atoms with E-state index in [0.717, 1.165) is 17.8 Å². The van der Waals surface area contributed by atoms with Crippen LogP contribution in [-0.2, 0) is 12.7 Å². The van der Waals surface area contributed by atoms with Gasteiger partial charge in [0.2, 0.25) is 0 Å². The molecule has 0 unspecified atom stereocenters. The van der Waals surface area contributed by atoms with E-state index >= 15 is 0 Å². The van der Waals surface area contributed by atoms with Gasteiger partial charge in [0, 0.05) is 19.2 Å². The molecule has 0 aliphatic rings. The van der Waals surface area contributed by atoms with Crippen LogP contribution < -0.4 is 9.47 Å². The molecule has 0 saturated carbocycles. The van der Waals surface area contributed by atoms with Crippen LogP contribution in [0.25, 0.3) is 16.9 Å². The summed E-state index contributed by atoms with van der Waals surface area (Å²) in [6, 6.07) is 14.8. The Kier molecular flexibility index (Phi) is 6.14. The molecular formula is C24H21F3N4O3. The second kappa shape index (κ2) is 9.05. The lowest BCUT2D eigenvalue weighted by molar-refractivity contribution is -0.142. The van der Waals surface area contributed by atoms with Gasteiger partial charge < -0.3 is 14.4 Å². The molecule has 4 aromatic rings. The van der Waals surface area contributed by atoms with E-state index in [1.165, 1.54) is 25.2 Å². The maximum atomic E-state index is 13.9. The Morgan fingerprint density at radius 1 is 1.03 bits per heavy atom. The van der Waals surface area contributed by atoms with Gasteiger partial charge in [0.05, 0.1) is 26.1 Å². The molecule has 0 aliphatic heterocycles. The molecule has 0 atom stereocenters. The molecule has 2 heterocycles. The number of methoxy groups -OCH3 is 2. The minimum atomic E-state index is -4.73. The minimum absolute atomic E-state index is 0.0149. The van der Waals surface area contributed by atoms with Crippen LogP contribution >= 0.6 is 0 Å². The Labute approximate surface area is 193 Å². The van der Waals surface area contributed by atoms with Crippen LogP contribution in [0.5, 0.6) is 11.5 Å². The molecule has 34 heavy (non-hydrogen) atoms. The largest absolute Gasteiger partial charge is 0.493 e. The highest BCUT2D eigenvalue weighted by atomic mass is 19.4. The van der Waals surface area contributed by atoms with Crippen LogP contribution in [0, 0.1) is 0 Å². The molecule has 4 rings (SSSR count).